The lowest BCUT2D eigenvalue weighted by Crippen LogP contribution is -2.25. The Morgan fingerprint density at radius 1 is 1.06 bits per heavy atom. The van der Waals surface area contributed by atoms with E-state index in [1.165, 1.54) is 27.7 Å². The van der Waals surface area contributed by atoms with Crippen molar-refractivity contribution in [1.29, 1.82) is 0 Å². The van der Waals surface area contributed by atoms with Gasteiger partial charge in [-0.1, -0.05) is 18.2 Å². The van der Waals surface area contributed by atoms with Crippen molar-refractivity contribution >= 4 is 17.5 Å². The molecule has 0 radical (unpaired) electrons. The minimum Gasteiger partial charge on any atom is -0.454 e. The minimum absolute atomic E-state index is 0.00487. The Balaban J connectivity index is 1.62. The number of hydrogen-bond acceptors (Lipinski definition) is 5. The average molecular weight is 479 g/mol. The summed E-state index contributed by atoms with van der Waals surface area (Å²) in [6, 6.07) is 13.4. The van der Waals surface area contributed by atoms with Crippen molar-refractivity contribution < 1.29 is 23.1 Å². The zero-order valence-electron chi connectivity index (χ0n) is 18.6. The van der Waals surface area contributed by atoms with Crippen LogP contribution in [0.15, 0.2) is 65.6 Å². The number of halogens is 2. The highest BCUT2D eigenvalue weighted by Gasteiger charge is 2.24. The number of pyridine rings is 1. The summed E-state index contributed by atoms with van der Waals surface area (Å²) < 4.78 is 37.5. The third-order valence-corrected chi connectivity index (χ3v) is 5.29. The number of primary amides is 1. The highest BCUT2D eigenvalue weighted by atomic mass is 19.2. The van der Waals surface area contributed by atoms with Crippen molar-refractivity contribution in [2.24, 2.45) is 12.8 Å². The van der Waals surface area contributed by atoms with Gasteiger partial charge in [-0.15, -0.1) is 0 Å². The van der Waals surface area contributed by atoms with Crippen molar-refractivity contribution in [3.8, 4) is 17.2 Å². The fourth-order valence-electron chi connectivity index (χ4n) is 3.46. The Morgan fingerprint density at radius 3 is 2.46 bits per heavy atom. The normalized spacial score (nSPS) is 10.7. The molecular weight excluding hydrogens is 460 g/mol. The molecule has 0 aliphatic heterocycles. The van der Waals surface area contributed by atoms with Crippen molar-refractivity contribution in [3.05, 3.63) is 99.7 Å². The number of para-hydroxylation sites is 1. The van der Waals surface area contributed by atoms with Gasteiger partial charge in [0.05, 0.1) is 17.1 Å². The molecule has 11 heteroatoms. The lowest BCUT2D eigenvalue weighted by molar-refractivity contribution is 0.0993. The van der Waals surface area contributed by atoms with Gasteiger partial charge in [-0.05, 0) is 37.3 Å². The van der Waals surface area contributed by atoms with E-state index < -0.39 is 40.4 Å². The van der Waals surface area contributed by atoms with Crippen molar-refractivity contribution in [2.45, 2.75) is 6.92 Å². The Morgan fingerprint density at radius 2 is 1.77 bits per heavy atom. The number of amides is 2. The first-order valence-electron chi connectivity index (χ1n) is 10.3. The molecule has 0 unspecified atom stereocenters. The van der Waals surface area contributed by atoms with Crippen LogP contribution in [-0.2, 0) is 7.05 Å². The molecule has 0 spiro atoms. The van der Waals surface area contributed by atoms with Crippen LogP contribution in [0.1, 0.15) is 26.5 Å². The number of nitrogens with zero attached hydrogens (tertiary/aromatic N) is 3. The molecule has 4 rings (SSSR count). The number of ether oxygens (including phenoxy) is 1. The fraction of sp³-hybridized carbons (Fsp3) is 0.0833. The third-order valence-electron chi connectivity index (χ3n) is 5.29. The average Bonchev–Trinajstić information content (AvgIpc) is 3.07. The monoisotopic (exact) mass is 479 g/mol. The molecule has 35 heavy (non-hydrogen) atoms. The number of benzene rings is 2. The van der Waals surface area contributed by atoms with E-state index in [9.17, 15) is 23.2 Å². The molecule has 2 heterocycles. The van der Waals surface area contributed by atoms with Gasteiger partial charge < -0.3 is 15.8 Å². The van der Waals surface area contributed by atoms with E-state index in [-0.39, 0.29) is 17.0 Å². The Hall–Kier alpha value is -4.80. The number of nitrogens with two attached hydrogens (primary N) is 1. The maximum atomic E-state index is 14.8. The fourth-order valence-corrected chi connectivity index (χ4v) is 3.46. The van der Waals surface area contributed by atoms with Crippen LogP contribution in [-0.4, -0.2) is 26.2 Å². The van der Waals surface area contributed by atoms with E-state index in [2.05, 4.69) is 10.3 Å². The van der Waals surface area contributed by atoms with Crippen LogP contribution >= 0.6 is 0 Å². The van der Waals surface area contributed by atoms with Gasteiger partial charge in [0.2, 0.25) is 5.82 Å². The van der Waals surface area contributed by atoms with Crippen LogP contribution < -0.4 is 21.3 Å². The molecular formula is C24H19F2N5O4. The molecule has 2 amide bonds. The summed E-state index contributed by atoms with van der Waals surface area (Å²) >= 11 is 0. The highest BCUT2D eigenvalue weighted by molar-refractivity contribution is 6.05. The molecule has 9 nitrogen and oxygen atoms in total. The predicted octanol–water partition coefficient (Wildman–Crippen LogP) is 3.30. The largest absolute Gasteiger partial charge is 0.454 e. The summed E-state index contributed by atoms with van der Waals surface area (Å²) in [6.45, 7) is 1.57. The van der Waals surface area contributed by atoms with Gasteiger partial charge in [0, 0.05) is 19.3 Å². The quantitative estimate of drug-likeness (QED) is 0.440. The van der Waals surface area contributed by atoms with E-state index >= 15 is 0 Å². The third kappa shape index (κ3) is 4.38. The smallest absolute Gasteiger partial charge is 0.284 e. The zero-order chi connectivity index (χ0) is 25.3. The number of anilines is 1. The molecule has 0 saturated carbocycles. The maximum absolute atomic E-state index is 14.8. The second kappa shape index (κ2) is 9.21. The van der Waals surface area contributed by atoms with Crippen LogP contribution in [0.5, 0.6) is 11.5 Å². The van der Waals surface area contributed by atoms with Crippen LogP contribution in [0.4, 0.5) is 14.5 Å². The van der Waals surface area contributed by atoms with Gasteiger partial charge in [-0.2, -0.15) is 4.39 Å². The molecule has 0 atom stereocenters. The molecule has 3 N–H and O–H groups in total. The first kappa shape index (κ1) is 23.4. The van der Waals surface area contributed by atoms with E-state index in [4.69, 9.17) is 10.5 Å². The van der Waals surface area contributed by atoms with E-state index in [1.807, 2.05) is 0 Å². The topological polar surface area (TPSA) is 121 Å². The molecule has 2 aromatic heterocycles. The minimum atomic E-state index is -1.39. The van der Waals surface area contributed by atoms with Crippen LogP contribution in [0, 0.1) is 18.6 Å². The lowest BCUT2D eigenvalue weighted by atomic mass is 10.2. The molecule has 4 aromatic rings. The molecule has 178 valence electrons. The number of nitrogens with one attached hydrogen (secondary N) is 1. The predicted molar refractivity (Wildman–Crippen MR) is 123 cm³/mol. The number of rotatable bonds is 6. The SMILES string of the molecule is Cc1c(C(=O)Nc2ccc(Oc3ccnc(C(N)=O)c3)c(F)c2F)c(=O)n(-c2ccccc2)n1C. The first-order chi connectivity index (χ1) is 16.7. The molecule has 2 aromatic carbocycles. The Bertz CT molecular complexity index is 1510. The summed E-state index contributed by atoms with van der Waals surface area (Å²) in [5.41, 5.74) is 4.59. The molecule has 0 aliphatic rings. The van der Waals surface area contributed by atoms with Gasteiger partial charge in [-0.3, -0.25) is 24.0 Å². The first-order valence-corrected chi connectivity index (χ1v) is 10.3. The Labute approximate surface area is 197 Å². The molecule has 0 fully saturated rings. The molecule has 0 saturated heterocycles. The molecule has 0 bridgehead atoms. The summed E-state index contributed by atoms with van der Waals surface area (Å²) in [4.78, 5) is 40.9. The van der Waals surface area contributed by atoms with Crippen molar-refractivity contribution in [2.75, 3.05) is 5.32 Å². The Kier molecular flexibility index (Phi) is 6.15. The number of hydrogen-bond donors (Lipinski definition) is 2. The summed E-state index contributed by atoms with van der Waals surface area (Å²) in [7, 11) is 1.61. The van der Waals surface area contributed by atoms with Crippen molar-refractivity contribution in [1.82, 2.24) is 14.3 Å². The zero-order valence-corrected chi connectivity index (χ0v) is 18.6. The van der Waals surface area contributed by atoms with E-state index in [1.54, 1.807) is 44.3 Å². The number of carbonyl (C=O) groups excluding carboxylic acids is 2. The summed E-state index contributed by atoms with van der Waals surface area (Å²) in [5.74, 6) is -4.98. The number of aromatic nitrogens is 3. The summed E-state index contributed by atoms with van der Waals surface area (Å²) in [5, 5.41) is 2.25. The van der Waals surface area contributed by atoms with Gasteiger partial charge >= 0.3 is 0 Å². The van der Waals surface area contributed by atoms with Gasteiger partial charge in [0.25, 0.3) is 17.4 Å². The maximum Gasteiger partial charge on any atom is 0.284 e. The second-order valence-corrected chi connectivity index (χ2v) is 7.47. The van der Waals surface area contributed by atoms with Crippen molar-refractivity contribution in [3.63, 3.8) is 0 Å². The lowest BCUT2D eigenvalue weighted by Gasteiger charge is -2.11. The van der Waals surface area contributed by atoms with Crippen LogP contribution in [0.3, 0.4) is 0 Å². The van der Waals surface area contributed by atoms with Gasteiger partial charge in [-0.25, -0.2) is 9.07 Å². The van der Waals surface area contributed by atoms with Crippen LogP contribution in [0.25, 0.3) is 5.69 Å². The van der Waals surface area contributed by atoms with Gasteiger partial charge in [0.1, 0.15) is 17.0 Å². The highest BCUT2D eigenvalue weighted by Crippen LogP contribution is 2.30. The van der Waals surface area contributed by atoms with Crippen LogP contribution in [0.2, 0.25) is 0 Å². The summed E-state index contributed by atoms with van der Waals surface area (Å²) in [6.07, 6.45) is 1.22. The second-order valence-electron chi connectivity index (χ2n) is 7.47. The van der Waals surface area contributed by atoms with Gasteiger partial charge in [0.15, 0.2) is 11.6 Å². The standard InChI is InChI=1S/C24H19F2N5O4/c1-13-19(24(34)31(30(13)2)14-6-4-3-5-7-14)23(33)29-16-8-9-18(21(26)20(16)25)35-15-10-11-28-17(12-15)22(27)32/h3-12H,1-2H3,(H2,27,32)(H,29,33). The molecule has 0 aliphatic carbocycles. The van der Waals surface area contributed by atoms with E-state index in [0.717, 1.165) is 12.1 Å². The number of carbonyl (C=O) groups is 2. The van der Waals surface area contributed by atoms with E-state index in [0.29, 0.717) is 11.4 Å².